The second-order valence-corrected chi connectivity index (χ2v) is 6.00. The van der Waals surface area contributed by atoms with Gasteiger partial charge in [-0.1, -0.05) is 35.9 Å². The van der Waals surface area contributed by atoms with Crippen LogP contribution in [-0.2, 0) is 0 Å². The van der Waals surface area contributed by atoms with E-state index in [-0.39, 0.29) is 5.91 Å². The highest BCUT2D eigenvalue weighted by molar-refractivity contribution is 6.30. The predicted octanol–water partition coefficient (Wildman–Crippen LogP) is 4.38. The molecule has 5 nitrogen and oxygen atoms in total. The first-order valence-electron chi connectivity index (χ1n) is 7.78. The van der Waals surface area contributed by atoms with Gasteiger partial charge in [-0.2, -0.15) is 0 Å². The van der Waals surface area contributed by atoms with Crippen LogP contribution in [0.2, 0.25) is 5.02 Å². The molecule has 0 saturated heterocycles. The molecular formula is C20H15ClN2O3. The zero-order chi connectivity index (χ0) is 18.5. The highest BCUT2D eigenvalue weighted by Crippen LogP contribution is 2.22. The van der Waals surface area contributed by atoms with Crippen molar-refractivity contribution < 1.29 is 14.8 Å². The van der Waals surface area contributed by atoms with Crippen LogP contribution in [0.4, 0.5) is 5.69 Å². The molecule has 2 amide bonds. The van der Waals surface area contributed by atoms with E-state index in [2.05, 4.69) is 5.32 Å². The molecule has 0 atom stereocenters. The molecular weight excluding hydrogens is 352 g/mol. The Morgan fingerprint density at radius 1 is 0.769 bits per heavy atom. The number of anilines is 1. The van der Waals surface area contributed by atoms with Gasteiger partial charge in [0.1, 0.15) is 0 Å². The minimum absolute atomic E-state index is 0.251. The number of benzene rings is 3. The third-order valence-corrected chi connectivity index (χ3v) is 4.04. The Morgan fingerprint density at radius 2 is 1.31 bits per heavy atom. The fraction of sp³-hybridized carbons (Fsp3) is 0. The highest BCUT2D eigenvalue weighted by atomic mass is 35.5. The maximum absolute atomic E-state index is 12.5. The van der Waals surface area contributed by atoms with Crippen molar-refractivity contribution in [2.24, 2.45) is 0 Å². The van der Waals surface area contributed by atoms with E-state index in [0.717, 1.165) is 11.1 Å². The molecule has 3 rings (SSSR count). The number of halogens is 1. The lowest BCUT2D eigenvalue weighted by Crippen LogP contribution is -2.18. The van der Waals surface area contributed by atoms with Crippen molar-refractivity contribution in [3.8, 4) is 11.1 Å². The maximum Gasteiger partial charge on any atom is 0.274 e. The highest BCUT2D eigenvalue weighted by Gasteiger charge is 2.10. The van der Waals surface area contributed by atoms with Gasteiger partial charge in [0.25, 0.3) is 11.8 Å². The minimum Gasteiger partial charge on any atom is -0.322 e. The van der Waals surface area contributed by atoms with Crippen LogP contribution in [0.3, 0.4) is 0 Å². The third-order valence-electron chi connectivity index (χ3n) is 3.79. The van der Waals surface area contributed by atoms with Crippen molar-refractivity contribution in [3.63, 3.8) is 0 Å². The van der Waals surface area contributed by atoms with Crippen molar-refractivity contribution in [1.82, 2.24) is 5.48 Å². The summed E-state index contributed by atoms with van der Waals surface area (Å²) in [4.78, 5) is 24.0. The van der Waals surface area contributed by atoms with Gasteiger partial charge in [0.15, 0.2) is 0 Å². The topological polar surface area (TPSA) is 78.4 Å². The van der Waals surface area contributed by atoms with Gasteiger partial charge >= 0.3 is 0 Å². The summed E-state index contributed by atoms with van der Waals surface area (Å²) in [6.07, 6.45) is 0. The van der Waals surface area contributed by atoms with E-state index < -0.39 is 5.91 Å². The fourth-order valence-corrected chi connectivity index (χ4v) is 2.61. The number of nitrogens with one attached hydrogen (secondary N) is 2. The molecule has 3 aromatic carbocycles. The third kappa shape index (κ3) is 4.08. The average Bonchev–Trinajstić information content (AvgIpc) is 2.69. The quantitative estimate of drug-likeness (QED) is 0.473. The molecule has 0 saturated carbocycles. The summed E-state index contributed by atoms with van der Waals surface area (Å²) in [5, 5.41) is 12.2. The van der Waals surface area contributed by atoms with Crippen LogP contribution in [0.25, 0.3) is 11.1 Å². The van der Waals surface area contributed by atoms with E-state index >= 15 is 0 Å². The lowest BCUT2D eigenvalue weighted by molar-refractivity contribution is 0.0706. The number of carbonyl (C=O) groups is 2. The molecule has 3 N–H and O–H groups in total. The Morgan fingerprint density at radius 3 is 1.85 bits per heavy atom. The molecule has 0 spiro atoms. The number of hydroxylamine groups is 1. The molecule has 0 aliphatic carbocycles. The largest absolute Gasteiger partial charge is 0.322 e. The molecule has 130 valence electrons. The van der Waals surface area contributed by atoms with E-state index in [0.29, 0.717) is 21.8 Å². The molecule has 0 heterocycles. The Balaban J connectivity index is 1.85. The molecule has 0 bridgehead atoms. The summed E-state index contributed by atoms with van der Waals surface area (Å²) in [6, 6.07) is 20.7. The van der Waals surface area contributed by atoms with E-state index in [1.165, 1.54) is 0 Å². The van der Waals surface area contributed by atoms with Gasteiger partial charge < -0.3 is 5.32 Å². The smallest absolute Gasteiger partial charge is 0.274 e. The summed E-state index contributed by atoms with van der Waals surface area (Å²) in [5.41, 5.74) is 4.59. The summed E-state index contributed by atoms with van der Waals surface area (Å²) >= 11 is 5.84. The van der Waals surface area contributed by atoms with Gasteiger partial charge in [0.2, 0.25) is 0 Å². The Kier molecular flexibility index (Phi) is 5.31. The van der Waals surface area contributed by atoms with E-state index in [9.17, 15) is 9.59 Å². The molecule has 6 heteroatoms. The van der Waals surface area contributed by atoms with Crippen LogP contribution in [0.5, 0.6) is 0 Å². The molecule has 26 heavy (non-hydrogen) atoms. The van der Waals surface area contributed by atoms with Crippen molar-refractivity contribution in [2.45, 2.75) is 0 Å². The molecule has 0 unspecified atom stereocenters. The van der Waals surface area contributed by atoms with Gasteiger partial charge in [-0.3, -0.25) is 14.8 Å². The summed E-state index contributed by atoms with van der Waals surface area (Å²) in [6.45, 7) is 0. The number of amides is 2. The molecule has 0 fully saturated rings. The molecule has 3 aromatic rings. The maximum atomic E-state index is 12.5. The average molecular weight is 367 g/mol. The van der Waals surface area contributed by atoms with Crippen molar-refractivity contribution in [3.05, 3.63) is 88.9 Å². The van der Waals surface area contributed by atoms with Crippen LogP contribution in [-0.4, -0.2) is 17.0 Å². The number of hydrogen-bond donors (Lipinski definition) is 3. The van der Waals surface area contributed by atoms with Crippen molar-refractivity contribution >= 4 is 29.1 Å². The summed E-state index contributed by atoms with van der Waals surface area (Å²) in [5.74, 6) is -0.845. The zero-order valence-corrected chi connectivity index (χ0v) is 14.3. The first kappa shape index (κ1) is 17.7. The van der Waals surface area contributed by atoms with Gasteiger partial charge in [0, 0.05) is 21.8 Å². The van der Waals surface area contributed by atoms with Gasteiger partial charge in [-0.05, 0) is 59.7 Å². The molecule has 0 aliphatic heterocycles. The van der Waals surface area contributed by atoms with Gasteiger partial charge in [-0.15, -0.1) is 0 Å². The van der Waals surface area contributed by atoms with Crippen LogP contribution < -0.4 is 10.8 Å². The normalized spacial score (nSPS) is 10.2. The standard InChI is InChI=1S/C20H15ClN2O3/c21-17-7-9-18(10-8-17)22-19(24)15-5-1-3-13(11-15)14-4-2-6-16(12-14)20(25)23-26/h1-12,26H,(H,22,24)(H,23,25). The second-order valence-electron chi connectivity index (χ2n) is 5.56. The summed E-state index contributed by atoms with van der Waals surface area (Å²) in [7, 11) is 0. The first-order chi connectivity index (χ1) is 12.6. The summed E-state index contributed by atoms with van der Waals surface area (Å²) < 4.78 is 0. The van der Waals surface area contributed by atoms with Crippen LogP contribution in [0.15, 0.2) is 72.8 Å². The first-order valence-corrected chi connectivity index (χ1v) is 8.16. The predicted molar refractivity (Wildman–Crippen MR) is 101 cm³/mol. The minimum atomic E-state index is -0.594. The molecule has 0 aromatic heterocycles. The van der Waals surface area contributed by atoms with Crippen LogP contribution in [0, 0.1) is 0 Å². The monoisotopic (exact) mass is 366 g/mol. The Hall–Kier alpha value is -3.15. The Bertz CT molecular complexity index is 955. The van der Waals surface area contributed by atoms with Crippen molar-refractivity contribution in [1.29, 1.82) is 0 Å². The van der Waals surface area contributed by atoms with E-state index in [1.54, 1.807) is 66.1 Å². The van der Waals surface area contributed by atoms with Crippen molar-refractivity contribution in [2.75, 3.05) is 5.32 Å². The lowest BCUT2D eigenvalue weighted by atomic mass is 10.0. The van der Waals surface area contributed by atoms with Gasteiger partial charge in [-0.25, -0.2) is 5.48 Å². The lowest BCUT2D eigenvalue weighted by Gasteiger charge is -2.08. The zero-order valence-electron chi connectivity index (χ0n) is 13.6. The molecule has 0 aliphatic rings. The molecule has 0 radical (unpaired) electrons. The van der Waals surface area contributed by atoms with Crippen LogP contribution >= 0.6 is 11.6 Å². The second kappa shape index (κ2) is 7.82. The number of rotatable bonds is 4. The number of hydrogen-bond acceptors (Lipinski definition) is 3. The SMILES string of the molecule is O=C(NO)c1cccc(-c2cccc(C(=O)Nc3ccc(Cl)cc3)c2)c1. The van der Waals surface area contributed by atoms with E-state index in [1.807, 2.05) is 12.1 Å². The Labute approximate surface area is 155 Å². The van der Waals surface area contributed by atoms with E-state index in [4.69, 9.17) is 16.8 Å². The van der Waals surface area contributed by atoms with Crippen LogP contribution in [0.1, 0.15) is 20.7 Å². The number of carbonyl (C=O) groups excluding carboxylic acids is 2. The fourth-order valence-electron chi connectivity index (χ4n) is 2.48. The van der Waals surface area contributed by atoms with Gasteiger partial charge in [0.05, 0.1) is 0 Å².